The highest BCUT2D eigenvalue weighted by Gasteiger charge is 2.15. The number of hydrogen-bond donors (Lipinski definition) is 0. The minimum Gasteiger partial charge on any atom is -0.439 e. The first kappa shape index (κ1) is 18.8. The number of benzene rings is 2. The summed E-state index contributed by atoms with van der Waals surface area (Å²) in [5, 5.41) is 3.26. The van der Waals surface area contributed by atoms with Crippen molar-refractivity contribution in [3.63, 3.8) is 0 Å². The molecule has 0 aliphatic heterocycles. The quantitative estimate of drug-likeness (QED) is 0.360. The van der Waals surface area contributed by atoms with Crippen LogP contribution in [0.15, 0.2) is 75.6 Å². The zero-order valence-corrected chi connectivity index (χ0v) is 17.6. The molecule has 0 aliphatic carbocycles. The number of halogens is 1. The molecule has 5 aromatic rings. The second-order valence-corrected chi connectivity index (χ2v) is 8.29. The minimum atomic E-state index is -0.108. The average Bonchev–Trinajstić information content (AvgIpc) is 3.39. The fraction of sp³-hybridized carbons (Fsp3) is 0.0870. The van der Waals surface area contributed by atoms with Crippen molar-refractivity contribution in [2.24, 2.45) is 0 Å². The molecule has 148 valence electrons. The van der Waals surface area contributed by atoms with Gasteiger partial charge < -0.3 is 4.42 Å². The fourth-order valence-electron chi connectivity index (χ4n) is 3.30. The molecule has 0 spiro atoms. The van der Waals surface area contributed by atoms with Crippen molar-refractivity contribution in [1.82, 2.24) is 14.5 Å². The van der Waals surface area contributed by atoms with E-state index < -0.39 is 0 Å². The normalized spacial score (nSPS) is 11.3. The molecule has 0 amide bonds. The first-order chi connectivity index (χ1) is 14.6. The third kappa shape index (κ3) is 3.44. The first-order valence-electron chi connectivity index (χ1n) is 9.33. The van der Waals surface area contributed by atoms with Gasteiger partial charge in [0.2, 0.25) is 5.89 Å². The van der Waals surface area contributed by atoms with Gasteiger partial charge in [0.05, 0.1) is 17.9 Å². The maximum atomic E-state index is 13.2. The number of nitrogens with zero attached hydrogens (tertiary/aromatic N) is 3. The predicted octanol–water partition coefficient (Wildman–Crippen LogP) is 5.79. The Hall–Kier alpha value is -3.22. The van der Waals surface area contributed by atoms with Crippen LogP contribution in [0.3, 0.4) is 0 Å². The molecular formula is C23H16ClN3O2S. The van der Waals surface area contributed by atoms with Crippen LogP contribution in [0.1, 0.15) is 11.5 Å². The van der Waals surface area contributed by atoms with E-state index in [1.807, 2.05) is 48.7 Å². The van der Waals surface area contributed by atoms with Crippen LogP contribution in [0.2, 0.25) is 5.02 Å². The summed E-state index contributed by atoms with van der Waals surface area (Å²) < 4.78 is 7.38. The van der Waals surface area contributed by atoms with E-state index in [2.05, 4.69) is 9.97 Å². The molecule has 3 heterocycles. The van der Waals surface area contributed by atoms with Gasteiger partial charge in [-0.25, -0.2) is 9.97 Å². The number of fused-ring (bicyclic) bond motifs is 1. The van der Waals surface area contributed by atoms with Crippen molar-refractivity contribution in [3.8, 4) is 22.5 Å². The van der Waals surface area contributed by atoms with Crippen LogP contribution in [-0.4, -0.2) is 14.5 Å². The summed E-state index contributed by atoms with van der Waals surface area (Å²) in [6, 6.07) is 15.5. The van der Waals surface area contributed by atoms with Crippen molar-refractivity contribution in [2.45, 2.75) is 13.5 Å². The lowest BCUT2D eigenvalue weighted by Gasteiger charge is -2.04. The Balaban J connectivity index is 1.50. The maximum absolute atomic E-state index is 13.2. The number of hydrogen-bond acceptors (Lipinski definition) is 5. The minimum absolute atomic E-state index is 0.108. The molecule has 30 heavy (non-hydrogen) atoms. The Labute approximate surface area is 181 Å². The lowest BCUT2D eigenvalue weighted by Crippen LogP contribution is -2.21. The Morgan fingerprint density at radius 1 is 1.03 bits per heavy atom. The molecule has 0 saturated heterocycles. The van der Waals surface area contributed by atoms with E-state index in [0.717, 1.165) is 21.5 Å². The van der Waals surface area contributed by atoms with Gasteiger partial charge in [-0.15, -0.1) is 11.3 Å². The maximum Gasteiger partial charge on any atom is 0.263 e. The topological polar surface area (TPSA) is 60.9 Å². The van der Waals surface area contributed by atoms with Crippen molar-refractivity contribution < 1.29 is 4.42 Å². The first-order valence-corrected chi connectivity index (χ1v) is 10.6. The third-order valence-electron chi connectivity index (χ3n) is 4.91. The van der Waals surface area contributed by atoms with Crippen LogP contribution < -0.4 is 5.56 Å². The van der Waals surface area contributed by atoms with E-state index in [-0.39, 0.29) is 12.1 Å². The molecule has 5 nitrogen and oxygen atoms in total. The van der Waals surface area contributed by atoms with Gasteiger partial charge in [-0.05, 0) is 36.8 Å². The third-order valence-corrected chi connectivity index (χ3v) is 6.05. The molecule has 3 aromatic heterocycles. The highest BCUT2D eigenvalue weighted by molar-refractivity contribution is 7.17. The Morgan fingerprint density at radius 2 is 1.77 bits per heavy atom. The van der Waals surface area contributed by atoms with Crippen LogP contribution in [0, 0.1) is 6.92 Å². The zero-order chi connectivity index (χ0) is 20.7. The molecule has 0 fully saturated rings. The van der Waals surface area contributed by atoms with Crippen LogP contribution in [0.5, 0.6) is 0 Å². The number of rotatable bonds is 4. The smallest absolute Gasteiger partial charge is 0.263 e. The fourth-order valence-corrected chi connectivity index (χ4v) is 4.33. The van der Waals surface area contributed by atoms with E-state index >= 15 is 0 Å². The summed E-state index contributed by atoms with van der Waals surface area (Å²) in [6.45, 7) is 2.25. The monoisotopic (exact) mass is 433 g/mol. The SMILES string of the molecule is Cc1ccc(-c2csc3ncn(Cc4ncc(-c5ccc(Cl)cc5)o4)c(=O)c23)cc1. The van der Waals surface area contributed by atoms with Crippen LogP contribution in [0.25, 0.3) is 32.7 Å². The number of aryl methyl sites for hydroxylation is 1. The zero-order valence-electron chi connectivity index (χ0n) is 16.0. The molecule has 0 aliphatic rings. The molecule has 0 N–H and O–H groups in total. The molecule has 0 unspecified atom stereocenters. The van der Waals surface area contributed by atoms with E-state index in [9.17, 15) is 4.79 Å². The van der Waals surface area contributed by atoms with E-state index in [1.54, 1.807) is 24.7 Å². The number of oxazole rings is 1. The van der Waals surface area contributed by atoms with Crippen LogP contribution in [-0.2, 0) is 6.54 Å². The molecule has 0 saturated carbocycles. The molecule has 7 heteroatoms. The van der Waals surface area contributed by atoms with Crippen molar-refractivity contribution in [1.29, 1.82) is 0 Å². The van der Waals surface area contributed by atoms with Gasteiger partial charge in [0.1, 0.15) is 11.4 Å². The van der Waals surface area contributed by atoms with Gasteiger partial charge in [0.15, 0.2) is 5.76 Å². The summed E-state index contributed by atoms with van der Waals surface area (Å²) in [6.07, 6.45) is 3.20. The second-order valence-electron chi connectivity index (χ2n) is 7.00. The van der Waals surface area contributed by atoms with Gasteiger partial charge in [-0.2, -0.15) is 0 Å². The Kier molecular flexibility index (Phi) is 4.73. The summed E-state index contributed by atoms with van der Waals surface area (Å²) >= 11 is 7.41. The molecule has 0 atom stereocenters. The summed E-state index contributed by atoms with van der Waals surface area (Å²) in [4.78, 5) is 22.7. The van der Waals surface area contributed by atoms with Gasteiger partial charge in [0.25, 0.3) is 5.56 Å². The average molecular weight is 434 g/mol. The largest absolute Gasteiger partial charge is 0.439 e. The highest BCUT2D eigenvalue weighted by atomic mass is 35.5. The van der Waals surface area contributed by atoms with E-state index in [1.165, 1.54) is 21.5 Å². The number of aromatic nitrogens is 3. The molecule has 5 rings (SSSR count). The summed E-state index contributed by atoms with van der Waals surface area (Å²) in [5.74, 6) is 1.06. The molecule has 0 radical (unpaired) electrons. The van der Waals surface area contributed by atoms with Gasteiger partial charge in [0, 0.05) is 21.5 Å². The Bertz CT molecular complexity index is 1400. The Morgan fingerprint density at radius 3 is 2.53 bits per heavy atom. The molecular weight excluding hydrogens is 418 g/mol. The predicted molar refractivity (Wildman–Crippen MR) is 120 cm³/mol. The standard InChI is InChI=1S/C23H16ClN3O2S/c1-14-2-4-15(5-3-14)18-12-30-22-21(18)23(28)27(13-26-22)11-20-25-10-19(29-20)16-6-8-17(24)9-7-16/h2-10,12-13H,11H2,1H3. The van der Waals surface area contributed by atoms with Gasteiger partial charge >= 0.3 is 0 Å². The number of thiophene rings is 1. The molecule has 2 aromatic carbocycles. The van der Waals surface area contributed by atoms with Gasteiger partial charge in [-0.3, -0.25) is 9.36 Å². The van der Waals surface area contributed by atoms with E-state index in [4.69, 9.17) is 16.0 Å². The highest BCUT2D eigenvalue weighted by Crippen LogP contribution is 2.31. The van der Waals surface area contributed by atoms with Gasteiger partial charge in [-0.1, -0.05) is 41.4 Å². The molecule has 0 bridgehead atoms. The van der Waals surface area contributed by atoms with Crippen molar-refractivity contribution in [2.75, 3.05) is 0 Å². The second kappa shape index (κ2) is 7.55. The van der Waals surface area contributed by atoms with Crippen LogP contribution >= 0.6 is 22.9 Å². The summed E-state index contributed by atoms with van der Waals surface area (Å²) in [7, 11) is 0. The van der Waals surface area contributed by atoms with Crippen molar-refractivity contribution in [3.05, 3.63) is 93.3 Å². The summed E-state index contributed by atoms with van der Waals surface area (Å²) in [5.41, 5.74) is 3.84. The lowest BCUT2D eigenvalue weighted by atomic mass is 10.1. The lowest BCUT2D eigenvalue weighted by molar-refractivity contribution is 0.484. The van der Waals surface area contributed by atoms with Crippen molar-refractivity contribution >= 4 is 33.2 Å². The van der Waals surface area contributed by atoms with E-state index in [0.29, 0.717) is 22.1 Å². The van der Waals surface area contributed by atoms with Crippen LogP contribution in [0.4, 0.5) is 0 Å².